The smallest absolute Gasteiger partial charge is 0.251 e. The Labute approximate surface area is 186 Å². The van der Waals surface area contributed by atoms with Crippen LogP contribution >= 0.6 is 11.6 Å². The number of methoxy groups -OCH3 is 1. The third kappa shape index (κ3) is 4.89. The molecule has 6 heteroatoms. The first-order chi connectivity index (χ1) is 15.2. The van der Waals surface area contributed by atoms with Crippen LogP contribution < -0.4 is 10.1 Å². The van der Waals surface area contributed by atoms with E-state index in [1.165, 1.54) is 0 Å². The van der Waals surface area contributed by atoms with E-state index in [1.54, 1.807) is 31.4 Å². The molecule has 1 N–H and O–H groups in total. The summed E-state index contributed by atoms with van der Waals surface area (Å²) in [5, 5.41) is 3.73. The lowest BCUT2D eigenvalue weighted by molar-refractivity contribution is 0.0953. The van der Waals surface area contributed by atoms with Crippen molar-refractivity contribution in [2.75, 3.05) is 13.7 Å². The van der Waals surface area contributed by atoms with Gasteiger partial charge in [-0.3, -0.25) is 4.79 Å². The molecule has 0 aliphatic heterocycles. The average Bonchev–Trinajstić information content (AvgIpc) is 3.15. The Morgan fingerprint density at radius 2 is 1.77 bits per heavy atom. The summed E-state index contributed by atoms with van der Waals surface area (Å²) in [4.78, 5) is 17.2. The fourth-order valence-corrected chi connectivity index (χ4v) is 3.78. The third-order valence-corrected chi connectivity index (χ3v) is 5.60. The lowest BCUT2D eigenvalue weighted by Crippen LogP contribution is -2.25. The van der Waals surface area contributed by atoms with Gasteiger partial charge in [0.25, 0.3) is 5.91 Å². The second-order valence-electron chi connectivity index (χ2n) is 7.28. The van der Waals surface area contributed by atoms with Gasteiger partial charge in [0.15, 0.2) is 0 Å². The van der Waals surface area contributed by atoms with Gasteiger partial charge in [-0.2, -0.15) is 0 Å². The third-order valence-electron chi connectivity index (χ3n) is 5.23. The summed E-state index contributed by atoms with van der Waals surface area (Å²) >= 11 is 6.39. The normalized spacial score (nSPS) is 10.9. The molecule has 0 fully saturated rings. The van der Waals surface area contributed by atoms with Crippen LogP contribution in [-0.4, -0.2) is 29.1 Å². The maximum atomic E-state index is 12.4. The van der Waals surface area contributed by atoms with Gasteiger partial charge in [-0.25, -0.2) is 4.98 Å². The van der Waals surface area contributed by atoms with E-state index in [4.69, 9.17) is 21.3 Å². The largest absolute Gasteiger partial charge is 0.497 e. The van der Waals surface area contributed by atoms with Gasteiger partial charge in [-0.1, -0.05) is 41.9 Å². The van der Waals surface area contributed by atoms with Crippen molar-refractivity contribution in [3.8, 4) is 5.75 Å². The number of nitrogens with one attached hydrogen (secondary N) is 1. The van der Waals surface area contributed by atoms with Crippen LogP contribution in [0.4, 0.5) is 0 Å². The minimum absolute atomic E-state index is 0.0905. The quantitative estimate of drug-likeness (QED) is 0.393. The van der Waals surface area contributed by atoms with Gasteiger partial charge in [-0.15, -0.1) is 0 Å². The number of nitrogens with zero attached hydrogens (tertiary/aromatic N) is 2. The molecule has 0 bridgehead atoms. The second kappa shape index (κ2) is 9.67. The first-order valence-electron chi connectivity index (χ1n) is 10.3. The zero-order chi connectivity index (χ0) is 21.6. The minimum Gasteiger partial charge on any atom is -0.497 e. The maximum Gasteiger partial charge on any atom is 0.251 e. The molecule has 1 heterocycles. The highest BCUT2D eigenvalue weighted by Crippen LogP contribution is 2.22. The Bertz CT molecular complexity index is 1190. The van der Waals surface area contributed by atoms with Crippen molar-refractivity contribution >= 4 is 28.5 Å². The van der Waals surface area contributed by atoms with E-state index in [-0.39, 0.29) is 5.91 Å². The second-order valence-corrected chi connectivity index (χ2v) is 7.69. The van der Waals surface area contributed by atoms with Gasteiger partial charge in [0.2, 0.25) is 0 Å². The van der Waals surface area contributed by atoms with Gasteiger partial charge in [0.1, 0.15) is 11.6 Å². The van der Waals surface area contributed by atoms with Gasteiger partial charge < -0.3 is 14.6 Å². The number of amides is 1. The van der Waals surface area contributed by atoms with Gasteiger partial charge in [0.05, 0.1) is 24.7 Å². The molecule has 31 heavy (non-hydrogen) atoms. The zero-order valence-electron chi connectivity index (χ0n) is 17.3. The van der Waals surface area contributed by atoms with Crippen molar-refractivity contribution in [3.05, 3.63) is 94.8 Å². The van der Waals surface area contributed by atoms with Crippen molar-refractivity contribution in [1.82, 2.24) is 14.9 Å². The van der Waals surface area contributed by atoms with E-state index in [0.717, 1.165) is 46.0 Å². The SMILES string of the molecule is COc1ccc(C(=O)NCCCc2nc3ccccc3n2Cc2ccccc2Cl)cc1. The fourth-order valence-electron chi connectivity index (χ4n) is 3.58. The van der Waals surface area contributed by atoms with Crippen LogP contribution in [0.5, 0.6) is 5.75 Å². The topological polar surface area (TPSA) is 56.1 Å². The number of aryl methyl sites for hydroxylation is 1. The highest BCUT2D eigenvalue weighted by Gasteiger charge is 2.12. The fraction of sp³-hybridized carbons (Fsp3) is 0.200. The van der Waals surface area contributed by atoms with E-state index in [1.807, 2.05) is 42.5 Å². The molecule has 4 rings (SSSR count). The molecule has 3 aromatic carbocycles. The molecule has 0 saturated carbocycles. The molecule has 0 aliphatic carbocycles. The van der Waals surface area contributed by atoms with Crippen LogP contribution in [0.15, 0.2) is 72.8 Å². The molecule has 1 aromatic heterocycles. The Morgan fingerprint density at radius 1 is 1.03 bits per heavy atom. The maximum absolute atomic E-state index is 12.4. The lowest BCUT2D eigenvalue weighted by Gasteiger charge is -2.11. The molecule has 0 radical (unpaired) electrons. The van der Waals surface area contributed by atoms with Crippen molar-refractivity contribution in [1.29, 1.82) is 0 Å². The van der Waals surface area contributed by atoms with E-state index >= 15 is 0 Å². The van der Waals surface area contributed by atoms with E-state index in [0.29, 0.717) is 18.7 Å². The predicted molar refractivity (Wildman–Crippen MR) is 124 cm³/mol. The molecular formula is C25H24ClN3O2. The Kier molecular flexibility index (Phi) is 6.53. The number of halogens is 1. The van der Waals surface area contributed by atoms with E-state index < -0.39 is 0 Å². The molecule has 0 saturated heterocycles. The van der Waals surface area contributed by atoms with Crippen LogP contribution in [0, 0.1) is 0 Å². The number of carbonyl (C=O) groups is 1. The summed E-state index contributed by atoms with van der Waals surface area (Å²) in [6, 6.07) is 23.1. The average molecular weight is 434 g/mol. The van der Waals surface area contributed by atoms with Crippen LogP contribution in [0.3, 0.4) is 0 Å². The molecule has 5 nitrogen and oxygen atoms in total. The molecule has 4 aromatic rings. The standard InChI is InChI=1S/C25H24ClN3O2/c1-31-20-14-12-18(13-15-20)25(30)27-16-6-11-24-28-22-9-4-5-10-23(22)29(24)17-19-7-2-3-8-21(19)26/h2-5,7-10,12-15H,6,11,16-17H2,1H3,(H,27,30). The molecule has 0 atom stereocenters. The Balaban J connectivity index is 1.43. The van der Waals surface area contributed by atoms with Crippen molar-refractivity contribution in [3.63, 3.8) is 0 Å². The number of ether oxygens (including phenoxy) is 1. The van der Waals surface area contributed by atoms with E-state index in [2.05, 4.69) is 16.0 Å². The highest BCUT2D eigenvalue weighted by molar-refractivity contribution is 6.31. The molecule has 158 valence electrons. The number of hydrogen-bond donors (Lipinski definition) is 1. The molecule has 0 aliphatic rings. The highest BCUT2D eigenvalue weighted by atomic mass is 35.5. The predicted octanol–water partition coefficient (Wildman–Crippen LogP) is 5.11. The van der Waals surface area contributed by atoms with E-state index in [9.17, 15) is 4.79 Å². The van der Waals surface area contributed by atoms with Crippen LogP contribution in [0.1, 0.15) is 28.2 Å². The van der Waals surface area contributed by atoms with Gasteiger partial charge in [0, 0.05) is 23.6 Å². The van der Waals surface area contributed by atoms with Crippen molar-refractivity contribution < 1.29 is 9.53 Å². The van der Waals surface area contributed by atoms with Crippen molar-refractivity contribution in [2.45, 2.75) is 19.4 Å². The summed E-state index contributed by atoms with van der Waals surface area (Å²) in [7, 11) is 1.61. The number of carbonyl (C=O) groups excluding carboxylic acids is 1. The number of rotatable bonds is 8. The number of hydrogen-bond acceptors (Lipinski definition) is 3. The van der Waals surface area contributed by atoms with Gasteiger partial charge in [-0.05, 0) is 54.4 Å². The number of aromatic nitrogens is 2. The van der Waals surface area contributed by atoms with Crippen LogP contribution in [0.25, 0.3) is 11.0 Å². The summed E-state index contributed by atoms with van der Waals surface area (Å²) in [6.07, 6.45) is 1.54. The Morgan fingerprint density at radius 3 is 2.55 bits per heavy atom. The van der Waals surface area contributed by atoms with Gasteiger partial charge >= 0.3 is 0 Å². The van der Waals surface area contributed by atoms with Crippen molar-refractivity contribution in [2.24, 2.45) is 0 Å². The summed E-state index contributed by atoms with van der Waals surface area (Å²) in [5.41, 5.74) is 3.72. The first-order valence-corrected chi connectivity index (χ1v) is 10.6. The monoisotopic (exact) mass is 433 g/mol. The molecular weight excluding hydrogens is 410 g/mol. The molecule has 0 unspecified atom stereocenters. The summed E-state index contributed by atoms with van der Waals surface area (Å²) in [6.45, 7) is 1.23. The van der Waals surface area contributed by atoms with Crippen LogP contribution in [0.2, 0.25) is 5.02 Å². The summed E-state index contributed by atoms with van der Waals surface area (Å²) < 4.78 is 7.34. The summed E-state index contributed by atoms with van der Waals surface area (Å²) in [5.74, 6) is 1.63. The number of imidazole rings is 1. The molecule has 1 amide bonds. The van der Waals surface area contributed by atoms with Crippen LogP contribution in [-0.2, 0) is 13.0 Å². The lowest BCUT2D eigenvalue weighted by atomic mass is 10.2. The minimum atomic E-state index is -0.0905. The first kappa shape index (κ1) is 20.9. The zero-order valence-corrected chi connectivity index (χ0v) is 18.1. The number of benzene rings is 3. The Hall–Kier alpha value is -3.31. The molecule has 0 spiro atoms. The number of fused-ring (bicyclic) bond motifs is 1. The number of para-hydroxylation sites is 2.